The number of carbonyl (C=O) groups is 3. The van der Waals surface area contributed by atoms with E-state index in [0.29, 0.717) is 28.9 Å². The van der Waals surface area contributed by atoms with E-state index < -0.39 is 29.4 Å². The first-order valence-corrected chi connectivity index (χ1v) is 11.7. The fourth-order valence-electron chi connectivity index (χ4n) is 7.05. The quantitative estimate of drug-likeness (QED) is 0.522. The first kappa shape index (κ1) is 19.7. The summed E-state index contributed by atoms with van der Waals surface area (Å²) in [5.74, 6) is 0.663. The molecule has 0 radical (unpaired) electrons. The Kier molecular flexibility index (Phi) is 4.49. The van der Waals surface area contributed by atoms with E-state index >= 15 is 0 Å². The number of carbonyl (C=O) groups excluding carboxylic acids is 3. The summed E-state index contributed by atoms with van der Waals surface area (Å²) in [6.45, 7) is 0. The Morgan fingerprint density at radius 1 is 0.844 bits per heavy atom. The molecule has 5 aliphatic rings. The third-order valence-electron chi connectivity index (χ3n) is 7.98. The van der Waals surface area contributed by atoms with E-state index in [9.17, 15) is 14.4 Å². The van der Waals surface area contributed by atoms with E-state index in [-0.39, 0.29) is 6.42 Å². The van der Waals surface area contributed by atoms with Gasteiger partial charge in [0.15, 0.2) is 0 Å². The van der Waals surface area contributed by atoms with Gasteiger partial charge >= 0.3 is 5.97 Å². The predicted octanol–water partition coefficient (Wildman–Crippen LogP) is 4.41. The molecule has 164 valence electrons. The molecule has 2 aromatic carbocycles. The number of hydrogen-bond donors (Lipinski definition) is 0. The van der Waals surface area contributed by atoms with Crippen molar-refractivity contribution in [3.05, 3.63) is 71.3 Å². The molecule has 2 aromatic rings. The second-order valence-corrected chi connectivity index (χ2v) is 10.3. The highest BCUT2D eigenvalue weighted by Crippen LogP contribution is 2.57. The van der Waals surface area contributed by atoms with Crippen molar-refractivity contribution in [1.82, 2.24) is 4.90 Å². The summed E-state index contributed by atoms with van der Waals surface area (Å²) in [6, 6.07) is 15.4. The van der Waals surface area contributed by atoms with Crippen molar-refractivity contribution in [2.75, 3.05) is 0 Å². The SMILES string of the molecule is O=C(OC12CC3CC(CC(C3)C1)C2)C(Cc1ccccc1)N1C(=O)c2ccccc2C1=O. The third-order valence-corrected chi connectivity index (χ3v) is 7.98. The zero-order valence-electron chi connectivity index (χ0n) is 18.0. The van der Waals surface area contributed by atoms with Crippen molar-refractivity contribution in [2.45, 2.75) is 56.6 Å². The van der Waals surface area contributed by atoms with Crippen molar-refractivity contribution in [3.8, 4) is 0 Å². The molecule has 4 aliphatic carbocycles. The first-order valence-electron chi connectivity index (χ1n) is 11.7. The highest BCUT2D eigenvalue weighted by molar-refractivity contribution is 6.22. The topological polar surface area (TPSA) is 63.7 Å². The smallest absolute Gasteiger partial charge is 0.330 e. The number of amides is 2. The van der Waals surface area contributed by atoms with Crippen LogP contribution in [-0.2, 0) is 16.0 Å². The average Bonchev–Trinajstić information content (AvgIpc) is 3.02. The lowest BCUT2D eigenvalue weighted by Crippen LogP contribution is -2.56. The van der Waals surface area contributed by atoms with Crippen LogP contribution in [0.2, 0.25) is 0 Å². The molecule has 4 bridgehead atoms. The Labute approximate surface area is 187 Å². The van der Waals surface area contributed by atoms with E-state index in [4.69, 9.17) is 4.74 Å². The molecule has 7 rings (SSSR count). The standard InChI is InChI=1S/C27H27NO4/c29-24-21-8-4-5-9-22(21)25(30)28(24)23(13-17-6-2-1-3-7-17)26(31)32-27-14-18-10-19(15-27)12-20(11-18)16-27/h1-9,18-20,23H,10-16H2. The van der Waals surface area contributed by atoms with Crippen LogP contribution in [0.25, 0.3) is 0 Å². The lowest BCUT2D eigenvalue weighted by Gasteiger charge is -2.56. The highest BCUT2D eigenvalue weighted by atomic mass is 16.6. The Balaban J connectivity index is 1.32. The van der Waals surface area contributed by atoms with Crippen molar-refractivity contribution in [1.29, 1.82) is 0 Å². The van der Waals surface area contributed by atoms with Gasteiger partial charge in [-0.2, -0.15) is 0 Å². The van der Waals surface area contributed by atoms with Crippen LogP contribution in [0, 0.1) is 17.8 Å². The Morgan fingerprint density at radius 3 is 1.88 bits per heavy atom. The molecule has 2 amide bonds. The molecular formula is C27H27NO4. The molecule has 1 unspecified atom stereocenters. The number of esters is 1. The van der Waals surface area contributed by atoms with Gasteiger partial charge in [0.05, 0.1) is 11.1 Å². The summed E-state index contributed by atoms with van der Waals surface area (Å²) in [7, 11) is 0. The number of fused-ring (bicyclic) bond motifs is 1. The largest absolute Gasteiger partial charge is 0.457 e. The first-order chi connectivity index (χ1) is 15.5. The van der Waals surface area contributed by atoms with Crippen LogP contribution in [0.4, 0.5) is 0 Å². The number of nitrogens with zero attached hydrogens (tertiary/aromatic N) is 1. The molecule has 4 fully saturated rings. The average molecular weight is 430 g/mol. The molecule has 0 N–H and O–H groups in total. The van der Waals surface area contributed by atoms with E-state index in [1.807, 2.05) is 30.3 Å². The predicted molar refractivity (Wildman–Crippen MR) is 118 cm³/mol. The van der Waals surface area contributed by atoms with Gasteiger partial charge in [0.1, 0.15) is 11.6 Å². The van der Waals surface area contributed by atoms with Gasteiger partial charge in [-0.3, -0.25) is 14.5 Å². The Bertz CT molecular complexity index is 1020. The van der Waals surface area contributed by atoms with Gasteiger partial charge in [0.2, 0.25) is 0 Å². The van der Waals surface area contributed by atoms with E-state index in [2.05, 4.69) is 0 Å². The molecule has 0 aromatic heterocycles. The number of imide groups is 1. The minimum Gasteiger partial charge on any atom is -0.457 e. The van der Waals surface area contributed by atoms with Crippen LogP contribution in [0.15, 0.2) is 54.6 Å². The summed E-state index contributed by atoms with van der Waals surface area (Å²) in [6.07, 6.45) is 6.78. The van der Waals surface area contributed by atoms with E-state index in [1.54, 1.807) is 24.3 Å². The minimum atomic E-state index is -0.960. The maximum Gasteiger partial charge on any atom is 0.330 e. The van der Waals surface area contributed by atoms with Gasteiger partial charge in [-0.25, -0.2) is 4.79 Å². The normalized spacial score (nSPS) is 31.0. The molecule has 5 nitrogen and oxygen atoms in total. The second-order valence-electron chi connectivity index (χ2n) is 10.3. The fourth-order valence-corrected chi connectivity index (χ4v) is 7.05. The Hall–Kier alpha value is -2.95. The molecule has 0 saturated heterocycles. The van der Waals surface area contributed by atoms with Crippen molar-refractivity contribution < 1.29 is 19.1 Å². The molecule has 1 heterocycles. The lowest BCUT2D eigenvalue weighted by atomic mass is 9.54. The van der Waals surface area contributed by atoms with Crippen LogP contribution in [0.1, 0.15) is 64.8 Å². The lowest BCUT2D eigenvalue weighted by molar-refractivity contribution is -0.190. The molecule has 5 heteroatoms. The minimum absolute atomic E-state index is 0.261. The van der Waals surface area contributed by atoms with Crippen LogP contribution in [0.3, 0.4) is 0 Å². The molecule has 4 saturated carbocycles. The number of rotatable bonds is 5. The number of benzene rings is 2. The van der Waals surface area contributed by atoms with Crippen LogP contribution in [0.5, 0.6) is 0 Å². The summed E-state index contributed by atoms with van der Waals surface area (Å²) in [5, 5.41) is 0. The molecule has 0 spiro atoms. The van der Waals surface area contributed by atoms with Crippen LogP contribution < -0.4 is 0 Å². The maximum atomic E-state index is 13.7. The van der Waals surface area contributed by atoms with Crippen LogP contribution in [-0.4, -0.2) is 34.3 Å². The van der Waals surface area contributed by atoms with Gasteiger partial charge in [-0.1, -0.05) is 42.5 Å². The molecule has 1 aliphatic heterocycles. The van der Waals surface area contributed by atoms with E-state index in [1.165, 1.54) is 19.3 Å². The molecular weight excluding hydrogens is 402 g/mol. The van der Waals surface area contributed by atoms with Crippen molar-refractivity contribution in [3.63, 3.8) is 0 Å². The highest BCUT2D eigenvalue weighted by Gasteiger charge is 2.54. The zero-order chi connectivity index (χ0) is 21.9. The third kappa shape index (κ3) is 3.17. The maximum absolute atomic E-state index is 13.7. The summed E-state index contributed by atoms with van der Waals surface area (Å²) in [4.78, 5) is 41.2. The summed E-state index contributed by atoms with van der Waals surface area (Å²) < 4.78 is 6.31. The molecule has 32 heavy (non-hydrogen) atoms. The summed E-state index contributed by atoms with van der Waals surface area (Å²) >= 11 is 0. The van der Waals surface area contributed by atoms with Gasteiger partial charge in [-0.15, -0.1) is 0 Å². The molecule has 1 atom stereocenters. The Morgan fingerprint density at radius 2 is 1.34 bits per heavy atom. The number of ether oxygens (including phenoxy) is 1. The van der Waals surface area contributed by atoms with Crippen molar-refractivity contribution in [2.24, 2.45) is 17.8 Å². The second kappa shape index (κ2) is 7.29. The van der Waals surface area contributed by atoms with Gasteiger partial charge in [-0.05, 0) is 74.0 Å². The summed E-state index contributed by atoms with van der Waals surface area (Å²) in [5.41, 5.74) is 1.20. The van der Waals surface area contributed by atoms with Gasteiger partial charge in [0.25, 0.3) is 11.8 Å². The van der Waals surface area contributed by atoms with Crippen LogP contribution >= 0.6 is 0 Å². The number of hydrogen-bond acceptors (Lipinski definition) is 4. The van der Waals surface area contributed by atoms with Gasteiger partial charge in [0, 0.05) is 6.42 Å². The monoisotopic (exact) mass is 429 g/mol. The zero-order valence-corrected chi connectivity index (χ0v) is 18.0. The van der Waals surface area contributed by atoms with E-state index in [0.717, 1.165) is 29.7 Å². The van der Waals surface area contributed by atoms with Gasteiger partial charge < -0.3 is 4.74 Å². The fraction of sp³-hybridized carbons (Fsp3) is 0.444. The van der Waals surface area contributed by atoms with Crippen molar-refractivity contribution >= 4 is 17.8 Å².